The largest absolute Gasteiger partial charge is 0.371 e. The zero-order valence-electron chi connectivity index (χ0n) is 11.9. The molecule has 0 unspecified atom stereocenters. The quantitative estimate of drug-likeness (QED) is 0.722. The SMILES string of the molecule is O=Cc1cc(Br)ccc1N1CCC2(CCCCC2)CC1. The van der Waals surface area contributed by atoms with Crippen molar-refractivity contribution < 1.29 is 4.79 Å². The summed E-state index contributed by atoms with van der Waals surface area (Å²) in [7, 11) is 0. The van der Waals surface area contributed by atoms with E-state index >= 15 is 0 Å². The smallest absolute Gasteiger partial charge is 0.152 e. The van der Waals surface area contributed by atoms with Crippen LogP contribution >= 0.6 is 15.9 Å². The highest BCUT2D eigenvalue weighted by molar-refractivity contribution is 9.10. The molecule has 108 valence electrons. The summed E-state index contributed by atoms with van der Waals surface area (Å²) in [6.07, 6.45) is 10.7. The van der Waals surface area contributed by atoms with Gasteiger partial charge in [-0.25, -0.2) is 0 Å². The second kappa shape index (κ2) is 5.88. The van der Waals surface area contributed by atoms with Crippen molar-refractivity contribution in [3.63, 3.8) is 0 Å². The third kappa shape index (κ3) is 2.78. The van der Waals surface area contributed by atoms with Crippen molar-refractivity contribution in [3.8, 4) is 0 Å². The van der Waals surface area contributed by atoms with E-state index in [-0.39, 0.29) is 0 Å². The predicted molar refractivity (Wildman–Crippen MR) is 86.5 cm³/mol. The van der Waals surface area contributed by atoms with Crippen LogP contribution in [-0.4, -0.2) is 19.4 Å². The minimum Gasteiger partial charge on any atom is -0.371 e. The predicted octanol–water partition coefficient (Wildman–Crippen LogP) is 4.81. The second-order valence-electron chi connectivity index (χ2n) is 6.37. The molecule has 2 aliphatic rings. The van der Waals surface area contributed by atoms with Gasteiger partial charge in [-0.05, 0) is 49.3 Å². The number of carbonyl (C=O) groups is 1. The van der Waals surface area contributed by atoms with Crippen LogP contribution in [0.5, 0.6) is 0 Å². The maximum absolute atomic E-state index is 11.3. The van der Waals surface area contributed by atoms with Gasteiger partial charge in [0.15, 0.2) is 6.29 Å². The molecule has 0 radical (unpaired) electrons. The minimum atomic E-state index is 0.617. The van der Waals surface area contributed by atoms with E-state index in [1.165, 1.54) is 44.9 Å². The molecule has 0 N–H and O–H groups in total. The number of carbonyl (C=O) groups excluding carboxylic acids is 1. The summed E-state index contributed by atoms with van der Waals surface area (Å²) in [5.74, 6) is 0. The number of anilines is 1. The number of hydrogen-bond donors (Lipinski definition) is 0. The van der Waals surface area contributed by atoms with E-state index in [9.17, 15) is 4.79 Å². The molecule has 1 saturated carbocycles. The van der Waals surface area contributed by atoms with Gasteiger partial charge in [-0.2, -0.15) is 0 Å². The Kier molecular flexibility index (Phi) is 4.16. The maximum Gasteiger partial charge on any atom is 0.152 e. The number of hydrogen-bond acceptors (Lipinski definition) is 2. The lowest BCUT2D eigenvalue weighted by molar-refractivity contribution is 0.112. The molecule has 0 atom stereocenters. The fourth-order valence-electron chi connectivity index (χ4n) is 3.93. The molecule has 0 bridgehead atoms. The zero-order chi connectivity index (χ0) is 14.0. The van der Waals surface area contributed by atoms with Gasteiger partial charge in [0.2, 0.25) is 0 Å². The summed E-state index contributed by atoms with van der Waals surface area (Å²) in [4.78, 5) is 13.7. The average molecular weight is 336 g/mol. The van der Waals surface area contributed by atoms with E-state index in [0.29, 0.717) is 5.41 Å². The Morgan fingerprint density at radius 2 is 1.75 bits per heavy atom. The third-order valence-corrected chi connectivity index (χ3v) is 5.69. The summed E-state index contributed by atoms with van der Waals surface area (Å²) in [6, 6.07) is 6.04. The number of halogens is 1. The Morgan fingerprint density at radius 1 is 1.05 bits per heavy atom. The van der Waals surface area contributed by atoms with Crippen molar-refractivity contribution in [3.05, 3.63) is 28.2 Å². The Labute approximate surface area is 129 Å². The standard InChI is InChI=1S/C17H22BrNO/c18-15-4-5-16(14(12-15)13-20)19-10-8-17(9-11-19)6-2-1-3-7-17/h4-5,12-13H,1-3,6-11H2. The highest BCUT2D eigenvalue weighted by Gasteiger charge is 2.35. The first kappa shape index (κ1) is 14.1. The van der Waals surface area contributed by atoms with Crippen LogP contribution in [-0.2, 0) is 0 Å². The average Bonchev–Trinajstić information content (AvgIpc) is 2.49. The molecule has 2 nitrogen and oxygen atoms in total. The van der Waals surface area contributed by atoms with E-state index in [0.717, 1.165) is 35.1 Å². The first-order valence-electron chi connectivity index (χ1n) is 7.72. The number of nitrogens with zero attached hydrogens (tertiary/aromatic N) is 1. The number of rotatable bonds is 2. The van der Waals surface area contributed by atoms with E-state index in [1.54, 1.807) is 0 Å². The summed E-state index contributed by atoms with van der Waals surface area (Å²) >= 11 is 3.44. The molecule has 1 saturated heterocycles. The molecule has 1 aromatic carbocycles. The molecular formula is C17H22BrNO. The van der Waals surface area contributed by atoms with Crippen LogP contribution < -0.4 is 4.90 Å². The van der Waals surface area contributed by atoms with Gasteiger partial charge in [0, 0.05) is 28.8 Å². The van der Waals surface area contributed by atoms with E-state index in [4.69, 9.17) is 0 Å². The monoisotopic (exact) mass is 335 g/mol. The normalized spacial score (nSPS) is 21.9. The molecule has 2 fully saturated rings. The molecular weight excluding hydrogens is 314 g/mol. The van der Waals surface area contributed by atoms with Gasteiger partial charge in [-0.1, -0.05) is 35.2 Å². The third-order valence-electron chi connectivity index (χ3n) is 5.20. The number of piperidine rings is 1. The fourth-order valence-corrected chi connectivity index (χ4v) is 4.31. The molecule has 1 spiro atoms. The van der Waals surface area contributed by atoms with Crippen molar-refractivity contribution >= 4 is 27.9 Å². The van der Waals surface area contributed by atoms with Crippen molar-refractivity contribution in [1.82, 2.24) is 0 Å². The van der Waals surface area contributed by atoms with Crippen molar-refractivity contribution in [2.45, 2.75) is 44.9 Å². The van der Waals surface area contributed by atoms with Crippen LogP contribution in [0.1, 0.15) is 55.3 Å². The molecule has 0 amide bonds. The Morgan fingerprint density at radius 3 is 2.40 bits per heavy atom. The molecule has 20 heavy (non-hydrogen) atoms. The van der Waals surface area contributed by atoms with Crippen LogP contribution in [0.4, 0.5) is 5.69 Å². The van der Waals surface area contributed by atoms with Crippen LogP contribution in [0.25, 0.3) is 0 Å². The van der Waals surface area contributed by atoms with E-state index in [2.05, 4.69) is 26.9 Å². The van der Waals surface area contributed by atoms with Gasteiger partial charge in [-0.15, -0.1) is 0 Å². The highest BCUT2D eigenvalue weighted by atomic mass is 79.9. The molecule has 1 aliphatic carbocycles. The molecule has 1 aliphatic heterocycles. The van der Waals surface area contributed by atoms with E-state index in [1.807, 2.05) is 12.1 Å². The Bertz CT molecular complexity index is 484. The second-order valence-corrected chi connectivity index (χ2v) is 7.28. The fraction of sp³-hybridized carbons (Fsp3) is 0.588. The van der Waals surface area contributed by atoms with Gasteiger partial charge < -0.3 is 4.90 Å². The van der Waals surface area contributed by atoms with Gasteiger partial charge in [0.05, 0.1) is 0 Å². The number of benzene rings is 1. The molecule has 1 aromatic rings. The molecule has 3 rings (SSSR count). The van der Waals surface area contributed by atoms with Crippen LogP contribution in [0.2, 0.25) is 0 Å². The van der Waals surface area contributed by atoms with Crippen LogP contribution in [0.15, 0.2) is 22.7 Å². The highest BCUT2D eigenvalue weighted by Crippen LogP contribution is 2.45. The first-order chi connectivity index (χ1) is 9.72. The molecule has 0 aromatic heterocycles. The van der Waals surface area contributed by atoms with Crippen LogP contribution in [0, 0.1) is 5.41 Å². The minimum absolute atomic E-state index is 0.617. The summed E-state index contributed by atoms with van der Waals surface area (Å²) < 4.78 is 0.976. The Hall–Kier alpha value is -0.830. The summed E-state index contributed by atoms with van der Waals surface area (Å²) in [5, 5.41) is 0. The van der Waals surface area contributed by atoms with Crippen molar-refractivity contribution in [2.24, 2.45) is 5.41 Å². The summed E-state index contributed by atoms with van der Waals surface area (Å²) in [6.45, 7) is 2.20. The van der Waals surface area contributed by atoms with Gasteiger partial charge in [0.25, 0.3) is 0 Å². The van der Waals surface area contributed by atoms with Crippen molar-refractivity contribution in [2.75, 3.05) is 18.0 Å². The maximum atomic E-state index is 11.3. The molecule has 1 heterocycles. The van der Waals surface area contributed by atoms with E-state index < -0.39 is 0 Å². The summed E-state index contributed by atoms with van der Waals surface area (Å²) in [5.41, 5.74) is 2.53. The lowest BCUT2D eigenvalue weighted by Crippen LogP contribution is -2.41. The first-order valence-corrected chi connectivity index (χ1v) is 8.51. The lowest BCUT2D eigenvalue weighted by atomic mass is 9.68. The number of aldehydes is 1. The lowest BCUT2D eigenvalue weighted by Gasteiger charge is -2.45. The Balaban J connectivity index is 1.73. The zero-order valence-corrected chi connectivity index (χ0v) is 13.5. The van der Waals surface area contributed by atoms with Crippen LogP contribution in [0.3, 0.4) is 0 Å². The van der Waals surface area contributed by atoms with Crippen molar-refractivity contribution in [1.29, 1.82) is 0 Å². The van der Waals surface area contributed by atoms with Gasteiger partial charge >= 0.3 is 0 Å². The topological polar surface area (TPSA) is 20.3 Å². The van der Waals surface area contributed by atoms with Gasteiger partial charge in [-0.3, -0.25) is 4.79 Å². The molecule has 3 heteroatoms. The van der Waals surface area contributed by atoms with Gasteiger partial charge in [0.1, 0.15) is 0 Å².